The van der Waals surface area contributed by atoms with Crippen LogP contribution < -0.4 is 4.74 Å². The van der Waals surface area contributed by atoms with Gasteiger partial charge in [-0.3, -0.25) is 9.69 Å². The predicted octanol–water partition coefficient (Wildman–Crippen LogP) is 3.86. The van der Waals surface area contributed by atoms with Crippen LogP contribution in [-0.2, 0) is 16.0 Å². The van der Waals surface area contributed by atoms with E-state index < -0.39 is 0 Å². The largest absolute Gasteiger partial charge is 0.492 e. The van der Waals surface area contributed by atoms with Crippen LogP contribution >= 0.6 is 0 Å². The van der Waals surface area contributed by atoms with Gasteiger partial charge in [0.1, 0.15) is 24.0 Å². The molecule has 0 aliphatic carbocycles. The van der Waals surface area contributed by atoms with Crippen molar-refractivity contribution in [3.05, 3.63) is 29.6 Å². The van der Waals surface area contributed by atoms with Crippen LogP contribution in [0.2, 0.25) is 0 Å². The van der Waals surface area contributed by atoms with Gasteiger partial charge in [-0.15, -0.1) is 0 Å². The number of Topliss-reactive ketones (excluding diaryl/α,β-unsaturated/α-hetero) is 1. The molecule has 0 saturated carbocycles. The lowest BCUT2D eigenvalue weighted by Crippen LogP contribution is -2.38. The van der Waals surface area contributed by atoms with Gasteiger partial charge in [0.25, 0.3) is 0 Å². The van der Waals surface area contributed by atoms with Crippen molar-refractivity contribution in [2.75, 3.05) is 39.5 Å². The number of ether oxygens (including phenoxy) is 2. The van der Waals surface area contributed by atoms with Crippen molar-refractivity contribution in [1.29, 1.82) is 0 Å². The van der Waals surface area contributed by atoms with Gasteiger partial charge in [-0.05, 0) is 11.6 Å². The average Bonchev–Trinajstić information content (AvgIpc) is 2.65. The van der Waals surface area contributed by atoms with E-state index in [1.807, 2.05) is 0 Å². The van der Waals surface area contributed by atoms with Crippen molar-refractivity contribution < 1.29 is 18.7 Å². The first-order valence-corrected chi connectivity index (χ1v) is 9.33. The molecule has 0 aromatic heterocycles. The Kier molecular flexibility index (Phi) is 11.1. The second-order valence-corrected chi connectivity index (χ2v) is 6.12. The number of hydrogen-bond donors (Lipinski definition) is 0. The van der Waals surface area contributed by atoms with Crippen LogP contribution in [0.1, 0.15) is 45.6 Å². The molecule has 25 heavy (non-hydrogen) atoms. The third-order valence-corrected chi connectivity index (χ3v) is 4.09. The highest BCUT2D eigenvalue weighted by molar-refractivity contribution is 5.80. The zero-order chi connectivity index (χ0) is 18.5. The third-order valence-electron chi connectivity index (χ3n) is 4.09. The van der Waals surface area contributed by atoms with Crippen LogP contribution in [0.5, 0.6) is 5.75 Å². The second kappa shape index (κ2) is 12.8. The van der Waals surface area contributed by atoms with Crippen molar-refractivity contribution in [2.24, 2.45) is 0 Å². The first kappa shape index (κ1) is 21.6. The van der Waals surface area contributed by atoms with Crippen LogP contribution in [0.4, 0.5) is 4.39 Å². The van der Waals surface area contributed by atoms with Crippen molar-refractivity contribution in [2.45, 2.75) is 46.5 Å². The van der Waals surface area contributed by atoms with Crippen molar-refractivity contribution in [3.8, 4) is 5.75 Å². The van der Waals surface area contributed by atoms with Crippen LogP contribution in [0.3, 0.4) is 0 Å². The summed E-state index contributed by atoms with van der Waals surface area (Å²) in [4.78, 5) is 13.6. The zero-order valence-electron chi connectivity index (χ0n) is 15.9. The van der Waals surface area contributed by atoms with E-state index in [4.69, 9.17) is 9.47 Å². The van der Waals surface area contributed by atoms with E-state index in [0.717, 1.165) is 32.8 Å². The molecule has 1 fully saturated rings. The average molecular weight is 353 g/mol. The van der Waals surface area contributed by atoms with E-state index in [-0.39, 0.29) is 18.0 Å². The summed E-state index contributed by atoms with van der Waals surface area (Å²) in [6, 6.07) is 4.71. The molecule has 142 valence electrons. The van der Waals surface area contributed by atoms with E-state index in [9.17, 15) is 9.18 Å². The monoisotopic (exact) mass is 353 g/mol. The number of carbonyl (C=O) groups excluding carboxylic acids is 1. The number of halogens is 1. The Morgan fingerprint density at radius 3 is 2.44 bits per heavy atom. The molecule has 0 N–H and O–H groups in total. The van der Waals surface area contributed by atoms with Gasteiger partial charge in [0.15, 0.2) is 0 Å². The molecule has 1 saturated heterocycles. The fourth-order valence-electron chi connectivity index (χ4n) is 2.22. The summed E-state index contributed by atoms with van der Waals surface area (Å²) in [6.45, 7) is 10.8. The number of hydrogen-bond acceptors (Lipinski definition) is 4. The number of ketones is 1. The van der Waals surface area contributed by atoms with E-state index in [1.54, 1.807) is 19.1 Å². The Bertz CT molecular complexity index is 500. The molecule has 1 aromatic carbocycles. The van der Waals surface area contributed by atoms with Crippen LogP contribution in [-0.4, -0.2) is 50.1 Å². The van der Waals surface area contributed by atoms with Crippen LogP contribution in [0.15, 0.2) is 18.2 Å². The summed E-state index contributed by atoms with van der Waals surface area (Å²) in [6.07, 6.45) is 3.22. The quantitative estimate of drug-likeness (QED) is 0.711. The molecule has 0 unspecified atom stereocenters. The van der Waals surface area contributed by atoms with E-state index in [0.29, 0.717) is 24.3 Å². The number of carbonyl (C=O) groups is 1. The molecule has 1 aliphatic rings. The maximum absolute atomic E-state index is 13.9. The SMILES string of the molecule is CCC(=O)Cc1ccc(OCCN2CCOCC2)cc1F.CCCC. The summed E-state index contributed by atoms with van der Waals surface area (Å²) in [7, 11) is 0. The maximum Gasteiger partial charge on any atom is 0.137 e. The Morgan fingerprint density at radius 2 is 1.88 bits per heavy atom. The predicted molar refractivity (Wildman–Crippen MR) is 98.7 cm³/mol. The Labute approximate surface area is 151 Å². The number of nitrogens with zero attached hydrogens (tertiary/aromatic N) is 1. The first-order valence-electron chi connectivity index (χ1n) is 9.33. The van der Waals surface area contributed by atoms with Crippen LogP contribution in [0.25, 0.3) is 0 Å². The summed E-state index contributed by atoms with van der Waals surface area (Å²) in [5.74, 6) is 0.170. The van der Waals surface area contributed by atoms with Crippen molar-refractivity contribution in [1.82, 2.24) is 4.90 Å². The molecule has 0 radical (unpaired) electrons. The Balaban J connectivity index is 0.000000705. The fraction of sp³-hybridized carbons (Fsp3) is 0.650. The number of morpholine rings is 1. The van der Waals surface area contributed by atoms with Gasteiger partial charge in [-0.1, -0.05) is 39.7 Å². The summed E-state index contributed by atoms with van der Waals surface area (Å²) >= 11 is 0. The molecular formula is C20H32FNO3. The van der Waals surface area contributed by atoms with Crippen molar-refractivity contribution >= 4 is 5.78 Å². The third kappa shape index (κ3) is 8.98. The molecule has 0 atom stereocenters. The molecular weight excluding hydrogens is 321 g/mol. The van der Waals surface area contributed by atoms with Crippen LogP contribution in [0, 0.1) is 5.82 Å². The van der Waals surface area contributed by atoms with E-state index in [1.165, 1.54) is 18.9 Å². The lowest BCUT2D eigenvalue weighted by molar-refractivity contribution is -0.118. The normalized spacial score (nSPS) is 14.6. The Hall–Kier alpha value is -1.46. The standard InChI is InChI=1S/C16H22FNO3.C4H10/c1-2-14(19)11-13-3-4-15(12-16(13)17)21-10-7-18-5-8-20-9-6-18;1-3-4-2/h3-4,12H,2,5-11H2,1H3;3-4H2,1-2H3. The van der Waals surface area contributed by atoms with Gasteiger partial charge in [-0.25, -0.2) is 4.39 Å². The highest BCUT2D eigenvalue weighted by Crippen LogP contribution is 2.17. The topological polar surface area (TPSA) is 38.8 Å². The lowest BCUT2D eigenvalue weighted by Gasteiger charge is -2.26. The minimum absolute atomic E-state index is 0.0369. The number of unbranched alkanes of at least 4 members (excludes halogenated alkanes) is 1. The second-order valence-electron chi connectivity index (χ2n) is 6.12. The van der Waals surface area contributed by atoms with Gasteiger partial charge < -0.3 is 9.47 Å². The van der Waals surface area contributed by atoms with Gasteiger partial charge in [0.05, 0.1) is 13.2 Å². The van der Waals surface area contributed by atoms with Gasteiger partial charge in [0.2, 0.25) is 0 Å². The number of benzene rings is 1. The minimum Gasteiger partial charge on any atom is -0.492 e. The number of rotatable bonds is 8. The van der Waals surface area contributed by atoms with Gasteiger partial charge in [0, 0.05) is 38.5 Å². The molecule has 1 aliphatic heterocycles. The molecule has 1 heterocycles. The highest BCUT2D eigenvalue weighted by atomic mass is 19.1. The molecule has 2 rings (SSSR count). The summed E-state index contributed by atoms with van der Waals surface area (Å²) < 4.78 is 24.7. The van der Waals surface area contributed by atoms with E-state index >= 15 is 0 Å². The molecule has 0 bridgehead atoms. The van der Waals surface area contributed by atoms with Crippen molar-refractivity contribution in [3.63, 3.8) is 0 Å². The highest BCUT2D eigenvalue weighted by Gasteiger charge is 2.11. The first-order chi connectivity index (χ1) is 12.1. The minimum atomic E-state index is -0.374. The molecule has 1 aromatic rings. The zero-order valence-corrected chi connectivity index (χ0v) is 15.9. The Morgan fingerprint density at radius 1 is 1.20 bits per heavy atom. The smallest absolute Gasteiger partial charge is 0.137 e. The molecule has 4 nitrogen and oxygen atoms in total. The summed E-state index contributed by atoms with van der Waals surface area (Å²) in [5, 5.41) is 0. The van der Waals surface area contributed by atoms with Gasteiger partial charge >= 0.3 is 0 Å². The fourth-order valence-corrected chi connectivity index (χ4v) is 2.22. The molecule has 0 amide bonds. The maximum atomic E-state index is 13.9. The molecule has 0 spiro atoms. The summed E-state index contributed by atoms with van der Waals surface area (Å²) in [5.41, 5.74) is 0.433. The molecule has 5 heteroatoms. The lowest BCUT2D eigenvalue weighted by atomic mass is 10.1. The van der Waals surface area contributed by atoms with Gasteiger partial charge in [-0.2, -0.15) is 0 Å². The van der Waals surface area contributed by atoms with E-state index in [2.05, 4.69) is 18.7 Å².